The maximum atomic E-state index is 14.4. The fourth-order valence-electron chi connectivity index (χ4n) is 4.40. The summed E-state index contributed by atoms with van der Waals surface area (Å²) in [6, 6.07) is 18.5. The van der Waals surface area contributed by atoms with Crippen LogP contribution in [0.15, 0.2) is 60.7 Å². The maximum absolute atomic E-state index is 14.4. The molecule has 0 radical (unpaired) electrons. The molecule has 0 N–H and O–H groups in total. The molecule has 0 aliphatic carbocycles. The summed E-state index contributed by atoms with van der Waals surface area (Å²) in [7, 11) is -2.85. The van der Waals surface area contributed by atoms with Crippen LogP contribution < -0.4 is 0 Å². The van der Waals surface area contributed by atoms with Crippen LogP contribution in [0.5, 0.6) is 0 Å². The van der Waals surface area contributed by atoms with Crippen molar-refractivity contribution in [3.05, 3.63) is 71.8 Å². The van der Waals surface area contributed by atoms with Gasteiger partial charge in [0.25, 0.3) is 7.37 Å². The van der Waals surface area contributed by atoms with Gasteiger partial charge in [0.05, 0.1) is 19.8 Å². The molecule has 1 saturated heterocycles. The van der Waals surface area contributed by atoms with Crippen LogP contribution in [-0.4, -0.2) is 61.4 Å². The van der Waals surface area contributed by atoms with Crippen molar-refractivity contribution in [1.29, 1.82) is 0 Å². The quantitative estimate of drug-likeness (QED) is 0.232. The van der Waals surface area contributed by atoms with Gasteiger partial charge in [0, 0.05) is 27.9 Å². The molecule has 3 rings (SSSR count). The molecule has 206 valence electrons. The van der Waals surface area contributed by atoms with Crippen LogP contribution in [-0.2, 0) is 60.4 Å². The summed E-state index contributed by atoms with van der Waals surface area (Å²) in [6.07, 6.45) is -3.76. The van der Waals surface area contributed by atoms with Crippen molar-refractivity contribution >= 4 is 25.3 Å². The summed E-state index contributed by atoms with van der Waals surface area (Å²) in [4.78, 5) is 36.4. The molecule has 1 fully saturated rings. The van der Waals surface area contributed by atoms with Gasteiger partial charge in [-0.3, -0.25) is 18.9 Å². The predicted octanol–water partition coefficient (Wildman–Crippen LogP) is 3.85. The van der Waals surface area contributed by atoms with Gasteiger partial charge >= 0.3 is 17.9 Å². The molecule has 1 aliphatic heterocycles. The Morgan fingerprint density at radius 2 is 1.21 bits per heavy atom. The smallest absolute Gasteiger partial charge is 0.303 e. The third-order valence-corrected chi connectivity index (χ3v) is 9.03. The minimum absolute atomic E-state index is 0.0443. The van der Waals surface area contributed by atoms with E-state index in [-0.39, 0.29) is 19.8 Å². The van der Waals surface area contributed by atoms with Crippen LogP contribution >= 0.6 is 7.37 Å². The third-order valence-electron chi connectivity index (χ3n) is 5.99. The molecule has 6 atom stereocenters. The van der Waals surface area contributed by atoms with E-state index in [1.165, 1.54) is 14.0 Å². The molecular weight excluding hydrogens is 515 g/mol. The van der Waals surface area contributed by atoms with Crippen molar-refractivity contribution in [2.45, 2.75) is 63.8 Å². The summed E-state index contributed by atoms with van der Waals surface area (Å²) in [5.74, 6) is -3.69. The Morgan fingerprint density at radius 3 is 1.71 bits per heavy atom. The van der Waals surface area contributed by atoms with Crippen molar-refractivity contribution in [2.24, 2.45) is 0 Å². The van der Waals surface area contributed by atoms with Gasteiger partial charge in [-0.15, -0.1) is 0 Å². The molecule has 10 nitrogen and oxygen atoms in total. The highest BCUT2D eigenvalue weighted by atomic mass is 31.2. The Labute approximate surface area is 221 Å². The summed E-state index contributed by atoms with van der Waals surface area (Å²) < 4.78 is 48.6. The number of benzene rings is 2. The first kappa shape index (κ1) is 29.5. The second kappa shape index (κ2) is 13.7. The van der Waals surface area contributed by atoms with Crippen LogP contribution in [0.2, 0.25) is 0 Å². The van der Waals surface area contributed by atoms with Crippen LogP contribution in [0.4, 0.5) is 0 Å². The van der Waals surface area contributed by atoms with Crippen molar-refractivity contribution < 1.29 is 47.2 Å². The molecule has 38 heavy (non-hydrogen) atoms. The molecule has 2 aromatic carbocycles. The van der Waals surface area contributed by atoms with Gasteiger partial charge in [-0.25, -0.2) is 0 Å². The summed E-state index contributed by atoms with van der Waals surface area (Å²) in [5.41, 5.74) is 0.555. The van der Waals surface area contributed by atoms with E-state index >= 15 is 0 Å². The second-order valence-corrected chi connectivity index (χ2v) is 11.6. The topological polar surface area (TPSA) is 124 Å². The Kier molecular flexibility index (Phi) is 10.6. The van der Waals surface area contributed by atoms with E-state index in [9.17, 15) is 18.9 Å². The van der Waals surface area contributed by atoms with E-state index in [0.717, 1.165) is 25.0 Å². The van der Waals surface area contributed by atoms with Gasteiger partial charge in [0.15, 0.2) is 6.10 Å². The van der Waals surface area contributed by atoms with Crippen LogP contribution in [0.1, 0.15) is 31.9 Å². The third kappa shape index (κ3) is 7.51. The first-order valence-electron chi connectivity index (χ1n) is 12.1. The van der Waals surface area contributed by atoms with E-state index in [2.05, 4.69) is 0 Å². The Bertz CT molecular complexity index is 1120. The molecule has 11 heteroatoms. The van der Waals surface area contributed by atoms with Gasteiger partial charge in [-0.05, 0) is 11.1 Å². The van der Waals surface area contributed by atoms with Crippen LogP contribution in [0.3, 0.4) is 0 Å². The van der Waals surface area contributed by atoms with Crippen molar-refractivity contribution in [3.63, 3.8) is 0 Å². The standard InChI is InChI=1S/C27H33O10P/c1-18(28)35-24-23(17-33-15-21-11-7-5-8-12-21)38(31,32-4)27(37-20(3)30)26(36-19(2)29)25(24)34-16-22-13-9-6-10-14-22/h5-14,23-27H,15-17H2,1-4H3/t23-,24+,25+,26-,27+,38+/m1/s1. The monoisotopic (exact) mass is 548 g/mol. The van der Waals surface area contributed by atoms with E-state index in [4.69, 9.17) is 28.2 Å². The highest BCUT2D eigenvalue weighted by Gasteiger charge is 2.63. The number of hydrogen-bond acceptors (Lipinski definition) is 10. The van der Waals surface area contributed by atoms with Crippen LogP contribution in [0, 0.1) is 0 Å². The summed E-state index contributed by atoms with van der Waals surface area (Å²) in [6.45, 7) is 3.54. The van der Waals surface area contributed by atoms with E-state index in [0.29, 0.717) is 0 Å². The first-order valence-corrected chi connectivity index (χ1v) is 13.9. The molecule has 0 spiro atoms. The van der Waals surface area contributed by atoms with Gasteiger partial charge in [-0.2, -0.15) is 0 Å². The van der Waals surface area contributed by atoms with Gasteiger partial charge in [-0.1, -0.05) is 60.7 Å². The molecule has 1 heterocycles. The lowest BCUT2D eigenvalue weighted by Crippen LogP contribution is -2.61. The average molecular weight is 549 g/mol. The Balaban J connectivity index is 2.03. The number of esters is 3. The van der Waals surface area contributed by atoms with E-state index < -0.39 is 55.1 Å². The zero-order valence-electron chi connectivity index (χ0n) is 21.8. The Hall–Kier alpha value is -3.04. The Morgan fingerprint density at radius 1 is 0.711 bits per heavy atom. The molecule has 2 aromatic rings. The highest BCUT2D eigenvalue weighted by molar-refractivity contribution is 7.60. The van der Waals surface area contributed by atoms with Crippen LogP contribution in [0.25, 0.3) is 0 Å². The molecule has 0 bridgehead atoms. The molecule has 0 aromatic heterocycles. The fraction of sp³-hybridized carbons (Fsp3) is 0.444. The normalized spacial score (nSPS) is 26.8. The average Bonchev–Trinajstić information content (AvgIpc) is 2.88. The SMILES string of the molecule is CO[P@@]1(=O)[C@H](COCc2ccccc2)[C@H](OC(C)=O)[C@H](OCc2ccccc2)[C@@H](OC(C)=O)[C@H]1OC(C)=O. The van der Waals surface area contributed by atoms with Gasteiger partial charge in [0.2, 0.25) is 5.85 Å². The highest BCUT2D eigenvalue weighted by Crippen LogP contribution is 2.63. The summed E-state index contributed by atoms with van der Waals surface area (Å²) in [5, 5.41) is 0. The first-order chi connectivity index (χ1) is 18.2. The maximum Gasteiger partial charge on any atom is 0.303 e. The zero-order chi connectivity index (χ0) is 27.7. The number of carbonyl (C=O) groups excluding carboxylic acids is 3. The van der Waals surface area contributed by atoms with Crippen molar-refractivity contribution in [3.8, 4) is 0 Å². The largest absolute Gasteiger partial charge is 0.459 e. The van der Waals surface area contributed by atoms with E-state index in [1.54, 1.807) is 0 Å². The molecule has 0 unspecified atom stereocenters. The number of hydrogen-bond donors (Lipinski definition) is 0. The van der Waals surface area contributed by atoms with Gasteiger partial charge < -0.3 is 28.2 Å². The summed E-state index contributed by atoms with van der Waals surface area (Å²) >= 11 is 0. The second-order valence-electron chi connectivity index (χ2n) is 8.81. The lowest BCUT2D eigenvalue weighted by atomic mass is 10.0. The minimum atomic E-state index is -4.05. The minimum Gasteiger partial charge on any atom is -0.459 e. The number of carbonyl (C=O) groups is 3. The molecule has 1 aliphatic rings. The van der Waals surface area contributed by atoms with Crippen molar-refractivity contribution in [1.82, 2.24) is 0 Å². The predicted molar refractivity (Wildman–Crippen MR) is 136 cm³/mol. The number of ether oxygens (including phenoxy) is 5. The lowest BCUT2D eigenvalue weighted by Gasteiger charge is -2.47. The lowest BCUT2D eigenvalue weighted by molar-refractivity contribution is -0.196. The molecule has 0 amide bonds. The molecular formula is C27H33O10P. The van der Waals surface area contributed by atoms with E-state index in [1.807, 2.05) is 60.7 Å². The number of rotatable bonds is 11. The molecule has 0 saturated carbocycles. The zero-order valence-corrected chi connectivity index (χ0v) is 22.7. The van der Waals surface area contributed by atoms with Gasteiger partial charge in [0.1, 0.15) is 17.9 Å². The fourth-order valence-corrected chi connectivity index (χ4v) is 7.14. The van der Waals surface area contributed by atoms with Crippen molar-refractivity contribution in [2.75, 3.05) is 13.7 Å².